The van der Waals surface area contributed by atoms with Crippen molar-refractivity contribution in [1.29, 1.82) is 0 Å². The number of allylic oxidation sites excluding steroid dienone is 1. The fourth-order valence-corrected chi connectivity index (χ4v) is 5.09. The zero-order valence-electron chi connectivity index (χ0n) is 16.9. The molecule has 3 rings (SSSR count). The van der Waals surface area contributed by atoms with Crippen molar-refractivity contribution in [3.63, 3.8) is 0 Å². The number of piperidine rings is 1. The van der Waals surface area contributed by atoms with Gasteiger partial charge in [-0.1, -0.05) is 37.6 Å². The Balaban J connectivity index is 1.59. The normalized spacial score (nSPS) is 35.0. The lowest BCUT2D eigenvalue weighted by atomic mass is 9.76. The molecule has 0 bridgehead atoms. The highest BCUT2D eigenvalue weighted by Gasteiger charge is 2.38. The van der Waals surface area contributed by atoms with Crippen LogP contribution >= 0.6 is 0 Å². The van der Waals surface area contributed by atoms with E-state index < -0.39 is 12.8 Å². The lowest BCUT2D eigenvalue weighted by molar-refractivity contribution is -0.0294. The van der Waals surface area contributed by atoms with Gasteiger partial charge in [0.25, 0.3) is 0 Å². The first kappa shape index (κ1) is 21.0. The molecule has 1 saturated heterocycles. The Morgan fingerprint density at radius 2 is 2.07 bits per heavy atom. The fourth-order valence-electron chi connectivity index (χ4n) is 5.09. The Kier molecular flexibility index (Phi) is 7.88. The Bertz CT molecular complexity index is 520. The van der Waals surface area contributed by atoms with Crippen molar-refractivity contribution < 1.29 is 14.2 Å². The van der Waals surface area contributed by atoms with Crippen molar-refractivity contribution in [2.24, 2.45) is 5.92 Å². The molecule has 0 spiro atoms. The minimum absolute atomic E-state index is 0.0648. The van der Waals surface area contributed by atoms with Crippen molar-refractivity contribution in [2.75, 3.05) is 26.4 Å². The molecule has 0 aromatic heterocycles. The topological polar surface area (TPSA) is 44.7 Å². The van der Waals surface area contributed by atoms with Gasteiger partial charge in [0.2, 0.25) is 0 Å². The van der Waals surface area contributed by atoms with E-state index in [2.05, 4.69) is 42.3 Å². The van der Waals surface area contributed by atoms with Gasteiger partial charge in [-0.2, -0.15) is 0 Å². The van der Waals surface area contributed by atoms with Crippen LogP contribution in [0, 0.1) is 5.92 Å². The predicted molar refractivity (Wildman–Crippen MR) is 108 cm³/mol. The Morgan fingerprint density at radius 1 is 1.26 bits per heavy atom. The summed E-state index contributed by atoms with van der Waals surface area (Å²) in [7, 11) is 0. The van der Waals surface area contributed by atoms with Crippen molar-refractivity contribution in [3.8, 4) is 0 Å². The van der Waals surface area contributed by atoms with E-state index in [1.165, 1.54) is 25.7 Å². The highest BCUT2D eigenvalue weighted by Crippen LogP contribution is 2.35. The van der Waals surface area contributed by atoms with Crippen molar-refractivity contribution >= 4 is 0 Å². The Morgan fingerprint density at radius 3 is 2.74 bits per heavy atom. The van der Waals surface area contributed by atoms with E-state index in [1.807, 2.05) is 0 Å². The van der Waals surface area contributed by atoms with Crippen molar-refractivity contribution in [2.45, 2.75) is 82.7 Å². The highest BCUT2D eigenvalue weighted by atomic mass is 19.1. The molecule has 0 aromatic carbocycles. The van der Waals surface area contributed by atoms with Gasteiger partial charge >= 0.3 is 0 Å². The van der Waals surface area contributed by atoms with Gasteiger partial charge < -0.3 is 20.1 Å². The van der Waals surface area contributed by atoms with E-state index >= 15 is 0 Å². The van der Waals surface area contributed by atoms with Crippen LogP contribution in [-0.2, 0) is 4.74 Å². The van der Waals surface area contributed by atoms with Crippen LogP contribution in [0.25, 0.3) is 0 Å². The molecule has 2 aliphatic carbocycles. The maximum atomic E-state index is 12.5. The zero-order valence-corrected chi connectivity index (χ0v) is 16.9. The third-order valence-electron chi connectivity index (χ3n) is 6.70. The van der Waals surface area contributed by atoms with Gasteiger partial charge in [0, 0.05) is 18.1 Å². The van der Waals surface area contributed by atoms with E-state index in [4.69, 9.17) is 4.74 Å². The quantitative estimate of drug-likeness (QED) is 0.635. The summed E-state index contributed by atoms with van der Waals surface area (Å²) in [5.41, 5.74) is 1.56. The van der Waals surface area contributed by atoms with Gasteiger partial charge in [-0.05, 0) is 57.5 Å². The second-order valence-electron chi connectivity index (χ2n) is 8.28. The van der Waals surface area contributed by atoms with Crippen LogP contribution in [0.1, 0.15) is 52.4 Å². The molecule has 0 aromatic rings. The minimum Gasteiger partial charge on any atom is -0.388 e. The summed E-state index contributed by atoms with van der Waals surface area (Å²) in [5.74, 6) is 0.575. The SMILES string of the molecule is CCN(CC)[C@H]1CC=C(C2CC[C@@H]3CC=C[C@H](OCC(O)CF)C3N2)CC1. The molecule has 3 aliphatic rings. The smallest absolute Gasteiger partial charge is 0.118 e. The number of aliphatic hydroxyl groups excluding tert-OH is 1. The number of alkyl halides is 1. The van der Waals surface area contributed by atoms with Gasteiger partial charge in [-0.15, -0.1) is 0 Å². The van der Waals surface area contributed by atoms with Crippen LogP contribution in [0.5, 0.6) is 0 Å². The molecule has 5 heteroatoms. The second kappa shape index (κ2) is 10.1. The van der Waals surface area contributed by atoms with Crippen LogP contribution in [0.3, 0.4) is 0 Å². The molecule has 154 valence electrons. The maximum Gasteiger partial charge on any atom is 0.118 e. The van der Waals surface area contributed by atoms with Crippen LogP contribution in [0.15, 0.2) is 23.8 Å². The van der Waals surface area contributed by atoms with E-state index in [0.29, 0.717) is 18.0 Å². The number of hydrogen-bond donors (Lipinski definition) is 2. The van der Waals surface area contributed by atoms with Gasteiger partial charge in [0.1, 0.15) is 12.8 Å². The molecule has 3 unspecified atom stereocenters. The van der Waals surface area contributed by atoms with Crippen molar-refractivity contribution in [3.05, 3.63) is 23.8 Å². The molecule has 0 amide bonds. The average Bonchev–Trinajstić information content (AvgIpc) is 2.73. The lowest BCUT2D eigenvalue weighted by Crippen LogP contribution is -2.56. The maximum absolute atomic E-state index is 12.5. The number of rotatable bonds is 8. The first-order chi connectivity index (χ1) is 13.2. The van der Waals surface area contributed by atoms with Gasteiger partial charge in [0.15, 0.2) is 0 Å². The number of aliphatic hydroxyl groups is 1. The average molecular weight is 381 g/mol. The molecule has 1 fully saturated rings. The Hall–Kier alpha value is -0.750. The van der Waals surface area contributed by atoms with Crippen molar-refractivity contribution in [1.82, 2.24) is 10.2 Å². The predicted octanol–water partition coefficient (Wildman–Crippen LogP) is 3.22. The number of ether oxygens (including phenoxy) is 1. The molecule has 1 aliphatic heterocycles. The number of halogens is 1. The lowest BCUT2D eigenvalue weighted by Gasteiger charge is -2.44. The summed E-state index contributed by atoms with van der Waals surface area (Å²) in [4.78, 5) is 2.57. The van der Waals surface area contributed by atoms with Crippen LogP contribution in [-0.4, -0.2) is 66.7 Å². The van der Waals surface area contributed by atoms with Gasteiger partial charge in [0.05, 0.1) is 12.7 Å². The molecule has 2 N–H and O–H groups in total. The zero-order chi connectivity index (χ0) is 19.2. The Labute approximate surface area is 163 Å². The first-order valence-corrected chi connectivity index (χ1v) is 10.9. The van der Waals surface area contributed by atoms with E-state index in [-0.39, 0.29) is 18.8 Å². The summed E-state index contributed by atoms with van der Waals surface area (Å²) < 4.78 is 18.4. The van der Waals surface area contributed by atoms with Gasteiger partial charge in [-0.3, -0.25) is 0 Å². The number of hydrogen-bond acceptors (Lipinski definition) is 4. The first-order valence-electron chi connectivity index (χ1n) is 10.9. The third kappa shape index (κ3) is 5.20. The molecular formula is C22H37FN2O2. The van der Waals surface area contributed by atoms with E-state index in [0.717, 1.165) is 25.9 Å². The molecule has 0 radical (unpaired) electrons. The largest absolute Gasteiger partial charge is 0.388 e. The molecule has 4 nitrogen and oxygen atoms in total. The molecule has 1 heterocycles. The van der Waals surface area contributed by atoms with Crippen LogP contribution in [0.2, 0.25) is 0 Å². The van der Waals surface area contributed by atoms with E-state index in [1.54, 1.807) is 5.57 Å². The van der Waals surface area contributed by atoms with Crippen LogP contribution in [0.4, 0.5) is 4.39 Å². The fraction of sp³-hybridized carbons (Fsp3) is 0.818. The van der Waals surface area contributed by atoms with Crippen LogP contribution < -0.4 is 5.32 Å². The third-order valence-corrected chi connectivity index (χ3v) is 6.70. The molecule has 0 saturated carbocycles. The number of nitrogens with one attached hydrogen (secondary N) is 1. The molecule has 6 atom stereocenters. The summed E-state index contributed by atoms with van der Waals surface area (Å²) in [6.45, 7) is 6.08. The molecule has 27 heavy (non-hydrogen) atoms. The number of fused-ring (bicyclic) bond motifs is 1. The monoisotopic (exact) mass is 380 g/mol. The summed E-state index contributed by atoms with van der Waals surface area (Å²) in [6.07, 6.45) is 12.7. The second-order valence-corrected chi connectivity index (χ2v) is 8.28. The summed E-state index contributed by atoms with van der Waals surface area (Å²) >= 11 is 0. The van der Waals surface area contributed by atoms with Gasteiger partial charge in [-0.25, -0.2) is 4.39 Å². The summed E-state index contributed by atoms with van der Waals surface area (Å²) in [5, 5.41) is 13.3. The minimum atomic E-state index is -1.02. The molecular weight excluding hydrogens is 343 g/mol. The van der Waals surface area contributed by atoms with E-state index in [9.17, 15) is 9.50 Å². The standard InChI is InChI=1S/C22H37FN2O2/c1-3-25(4-2)18-11-8-16(9-12-18)20-13-10-17-6-5-7-21(22(17)24-20)27-15-19(26)14-23/h5,7-8,17-22,24,26H,3-4,6,9-15H2,1-2H3/t17-,18-,19?,20?,21-,22?/m0/s1. The summed E-state index contributed by atoms with van der Waals surface area (Å²) in [6, 6.07) is 1.39. The number of nitrogens with zero attached hydrogens (tertiary/aromatic N) is 1. The highest BCUT2D eigenvalue weighted by molar-refractivity contribution is 5.19.